The molecule has 0 unspecified atom stereocenters. The van der Waals surface area contributed by atoms with Gasteiger partial charge in [0.25, 0.3) is 0 Å². The molecule has 0 bridgehead atoms. The van der Waals surface area contributed by atoms with Gasteiger partial charge in [0.2, 0.25) is 0 Å². The normalized spacial score (nSPS) is 15.8. The number of hydrogen-bond acceptors (Lipinski definition) is 6. The number of nitrogens with zero attached hydrogens (tertiary/aromatic N) is 3. The lowest BCUT2D eigenvalue weighted by molar-refractivity contribution is 0.0568. The second kappa shape index (κ2) is 13.4. The van der Waals surface area contributed by atoms with E-state index in [2.05, 4.69) is 51.2 Å². The monoisotopic (exact) mass is 489 g/mol. The standard InChI is InChI=1S/C30H39N3O3/c1-35-19-18-33(22-25-10-7-15-31-21-25)28(20-24-8-4-3-5-9-24)26-13-16-32(17-14-26)23-27-29(34)11-6-12-30(27)36-2/h3-12,15,21,26,28,34H,13-14,16-20,22-23H2,1-2H3/t28-/m1/s1. The minimum atomic E-state index is 0.306. The summed E-state index contributed by atoms with van der Waals surface area (Å²) in [6.07, 6.45) is 7.05. The highest BCUT2D eigenvalue weighted by Gasteiger charge is 2.31. The van der Waals surface area contributed by atoms with Crippen LogP contribution in [-0.4, -0.2) is 66.4 Å². The van der Waals surface area contributed by atoms with Crippen molar-refractivity contribution in [3.05, 3.63) is 89.7 Å². The number of aromatic nitrogens is 1. The Bertz CT molecular complexity index is 1040. The molecule has 1 aliphatic heterocycles. The van der Waals surface area contributed by atoms with Gasteiger partial charge in [-0.05, 0) is 67.6 Å². The van der Waals surface area contributed by atoms with Crippen LogP contribution >= 0.6 is 0 Å². The second-order valence-electron chi connectivity index (χ2n) is 9.65. The Hall–Kier alpha value is -2.93. The molecule has 0 spiro atoms. The van der Waals surface area contributed by atoms with Crippen LogP contribution < -0.4 is 4.74 Å². The fourth-order valence-corrected chi connectivity index (χ4v) is 5.37. The van der Waals surface area contributed by atoms with Gasteiger partial charge in [-0.25, -0.2) is 0 Å². The number of rotatable bonds is 12. The summed E-state index contributed by atoms with van der Waals surface area (Å²) in [5.41, 5.74) is 3.48. The first-order valence-electron chi connectivity index (χ1n) is 12.9. The van der Waals surface area contributed by atoms with Crippen LogP contribution in [0.4, 0.5) is 0 Å². The lowest BCUT2D eigenvalue weighted by Crippen LogP contribution is -2.47. The van der Waals surface area contributed by atoms with Crippen LogP contribution in [0, 0.1) is 5.92 Å². The molecule has 1 aliphatic rings. The van der Waals surface area contributed by atoms with E-state index in [1.165, 1.54) is 11.1 Å². The van der Waals surface area contributed by atoms with Gasteiger partial charge in [-0.3, -0.25) is 14.8 Å². The molecule has 6 nitrogen and oxygen atoms in total. The number of phenols is 1. The van der Waals surface area contributed by atoms with Gasteiger partial charge >= 0.3 is 0 Å². The molecule has 0 radical (unpaired) electrons. The van der Waals surface area contributed by atoms with E-state index in [1.807, 2.05) is 30.6 Å². The van der Waals surface area contributed by atoms with Crippen molar-refractivity contribution < 1.29 is 14.6 Å². The second-order valence-corrected chi connectivity index (χ2v) is 9.65. The first kappa shape index (κ1) is 26.1. The van der Waals surface area contributed by atoms with Gasteiger partial charge in [-0.1, -0.05) is 42.5 Å². The lowest BCUT2D eigenvalue weighted by atomic mass is 9.84. The van der Waals surface area contributed by atoms with E-state index in [4.69, 9.17) is 9.47 Å². The number of ether oxygens (including phenoxy) is 2. The Morgan fingerprint density at radius 2 is 1.78 bits per heavy atom. The third-order valence-corrected chi connectivity index (χ3v) is 7.33. The molecule has 3 aromatic rings. The number of likely N-dealkylation sites (tertiary alicyclic amines) is 1. The largest absolute Gasteiger partial charge is 0.507 e. The van der Waals surface area contributed by atoms with Gasteiger partial charge in [0, 0.05) is 50.7 Å². The molecular weight excluding hydrogens is 450 g/mol. The number of piperidine rings is 1. The number of aromatic hydroxyl groups is 1. The Morgan fingerprint density at radius 3 is 2.47 bits per heavy atom. The molecule has 2 aromatic carbocycles. The van der Waals surface area contributed by atoms with E-state index in [9.17, 15) is 5.11 Å². The molecule has 0 aliphatic carbocycles. The predicted molar refractivity (Wildman–Crippen MR) is 143 cm³/mol. The maximum Gasteiger partial charge on any atom is 0.127 e. The summed E-state index contributed by atoms with van der Waals surface area (Å²) in [5, 5.41) is 10.4. The van der Waals surface area contributed by atoms with Gasteiger partial charge in [-0.15, -0.1) is 0 Å². The minimum absolute atomic E-state index is 0.306. The molecule has 2 heterocycles. The van der Waals surface area contributed by atoms with Gasteiger partial charge in [0.1, 0.15) is 11.5 Å². The van der Waals surface area contributed by atoms with Crippen molar-refractivity contribution in [3.8, 4) is 11.5 Å². The Balaban J connectivity index is 1.49. The van der Waals surface area contributed by atoms with E-state index in [-0.39, 0.29) is 0 Å². The van der Waals surface area contributed by atoms with E-state index < -0.39 is 0 Å². The van der Waals surface area contributed by atoms with Gasteiger partial charge in [-0.2, -0.15) is 0 Å². The topological polar surface area (TPSA) is 58.1 Å². The van der Waals surface area contributed by atoms with E-state index >= 15 is 0 Å². The number of hydrogen-bond donors (Lipinski definition) is 1. The van der Waals surface area contributed by atoms with Crippen molar-refractivity contribution in [2.45, 2.75) is 38.4 Å². The van der Waals surface area contributed by atoms with Gasteiger partial charge in [0.15, 0.2) is 0 Å². The molecular formula is C30H39N3O3. The first-order chi connectivity index (χ1) is 17.7. The summed E-state index contributed by atoms with van der Waals surface area (Å²) >= 11 is 0. The van der Waals surface area contributed by atoms with Crippen LogP contribution in [0.25, 0.3) is 0 Å². The third-order valence-electron chi connectivity index (χ3n) is 7.33. The first-order valence-corrected chi connectivity index (χ1v) is 12.9. The van der Waals surface area contributed by atoms with Crippen molar-refractivity contribution in [1.29, 1.82) is 0 Å². The highest BCUT2D eigenvalue weighted by molar-refractivity contribution is 5.43. The SMILES string of the molecule is COCCN(Cc1cccnc1)[C@H](Cc1ccccc1)C1CCN(Cc2c(O)cccc2OC)CC1. The number of methoxy groups -OCH3 is 2. The molecule has 1 atom stereocenters. The van der Waals surface area contributed by atoms with E-state index in [0.29, 0.717) is 30.9 Å². The van der Waals surface area contributed by atoms with Crippen LogP contribution in [-0.2, 0) is 24.2 Å². The average Bonchev–Trinajstić information content (AvgIpc) is 2.92. The molecule has 6 heteroatoms. The van der Waals surface area contributed by atoms with Crippen LogP contribution in [0.3, 0.4) is 0 Å². The van der Waals surface area contributed by atoms with Crippen LogP contribution in [0.5, 0.6) is 11.5 Å². The van der Waals surface area contributed by atoms with Crippen molar-refractivity contribution in [3.63, 3.8) is 0 Å². The van der Waals surface area contributed by atoms with Crippen molar-refractivity contribution >= 4 is 0 Å². The molecule has 36 heavy (non-hydrogen) atoms. The zero-order chi connectivity index (χ0) is 25.2. The summed E-state index contributed by atoms with van der Waals surface area (Å²) < 4.78 is 11.0. The van der Waals surface area contributed by atoms with Crippen molar-refractivity contribution in [2.24, 2.45) is 5.92 Å². The average molecular weight is 490 g/mol. The number of phenolic OH excluding ortho intramolecular Hbond substituents is 1. The lowest BCUT2D eigenvalue weighted by Gasteiger charge is -2.41. The predicted octanol–water partition coefficient (Wildman–Crippen LogP) is 4.77. The Kier molecular flexibility index (Phi) is 9.73. The fourth-order valence-electron chi connectivity index (χ4n) is 5.37. The zero-order valence-electron chi connectivity index (χ0n) is 21.6. The molecule has 1 fully saturated rings. The Labute approximate surface area is 215 Å². The smallest absolute Gasteiger partial charge is 0.127 e. The van der Waals surface area contributed by atoms with Gasteiger partial charge < -0.3 is 14.6 Å². The summed E-state index contributed by atoms with van der Waals surface area (Å²) in [6.45, 7) is 5.16. The summed E-state index contributed by atoms with van der Waals surface area (Å²) in [7, 11) is 3.44. The number of pyridine rings is 1. The Morgan fingerprint density at radius 1 is 1.00 bits per heavy atom. The molecule has 4 rings (SSSR count). The van der Waals surface area contributed by atoms with Crippen molar-refractivity contribution in [1.82, 2.24) is 14.8 Å². The summed E-state index contributed by atoms with van der Waals surface area (Å²) in [5.74, 6) is 1.63. The van der Waals surface area contributed by atoms with Crippen molar-refractivity contribution in [2.75, 3.05) is 40.5 Å². The van der Waals surface area contributed by atoms with E-state index in [0.717, 1.165) is 56.8 Å². The van der Waals surface area contributed by atoms with Crippen LogP contribution in [0.1, 0.15) is 29.5 Å². The summed E-state index contributed by atoms with van der Waals surface area (Å²) in [6, 6.07) is 20.9. The van der Waals surface area contributed by atoms with E-state index in [1.54, 1.807) is 20.3 Å². The molecule has 0 saturated carbocycles. The molecule has 1 aromatic heterocycles. The minimum Gasteiger partial charge on any atom is -0.507 e. The van der Waals surface area contributed by atoms with Gasteiger partial charge in [0.05, 0.1) is 13.7 Å². The van der Waals surface area contributed by atoms with Crippen LogP contribution in [0.2, 0.25) is 0 Å². The third kappa shape index (κ3) is 7.06. The molecule has 0 amide bonds. The summed E-state index contributed by atoms with van der Waals surface area (Å²) in [4.78, 5) is 9.39. The highest BCUT2D eigenvalue weighted by atomic mass is 16.5. The zero-order valence-corrected chi connectivity index (χ0v) is 21.6. The number of benzene rings is 2. The highest BCUT2D eigenvalue weighted by Crippen LogP contribution is 2.32. The maximum atomic E-state index is 10.4. The quantitative estimate of drug-likeness (QED) is 0.396. The molecule has 192 valence electrons. The molecule has 1 N–H and O–H groups in total. The maximum absolute atomic E-state index is 10.4. The molecule has 1 saturated heterocycles. The fraction of sp³-hybridized carbons (Fsp3) is 0.433. The van der Waals surface area contributed by atoms with Crippen LogP contribution in [0.15, 0.2) is 73.1 Å².